The average molecular weight is 258 g/mol. The fourth-order valence-electron chi connectivity index (χ4n) is 2.51. The van der Waals surface area contributed by atoms with E-state index < -0.39 is 0 Å². The molecule has 4 nitrogen and oxygen atoms in total. The molecule has 3 atom stereocenters. The molecule has 0 spiro atoms. The van der Waals surface area contributed by atoms with Crippen molar-refractivity contribution in [3.63, 3.8) is 0 Å². The number of nitrogens with zero attached hydrogens (tertiary/aromatic N) is 2. The second kappa shape index (κ2) is 4.96. The Hall–Kier alpha value is -0.580. The summed E-state index contributed by atoms with van der Waals surface area (Å²) in [6.07, 6.45) is 1.95. The molecule has 5 heteroatoms. The van der Waals surface area contributed by atoms with Crippen LogP contribution in [0.1, 0.15) is 24.7 Å². The van der Waals surface area contributed by atoms with Crippen molar-refractivity contribution >= 4 is 11.6 Å². The van der Waals surface area contributed by atoms with Gasteiger partial charge in [0.25, 0.3) is 0 Å². The molecule has 1 aromatic rings. The van der Waals surface area contributed by atoms with E-state index in [4.69, 9.17) is 22.1 Å². The lowest BCUT2D eigenvalue weighted by atomic mass is 9.95. The summed E-state index contributed by atoms with van der Waals surface area (Å²) in [4.78, 5) is 0. The van der Waals surface area contributed by atoms with Crippen LogP contribution < -0.4 is 5.73 Å². The Morgan fingerprint density at radius 3 is 2.82 bits per heavy atom. The Morgan fingerprint density at radius 1 is 1.65 bits per heavy atom. The zero-order valence-corrected chi connectivity index (χ0v) is 11.4. The van der Waals surface area contributed by atoms with Gasteiger partial charge < -0.3 is 10.5 Å². The molecule has 0 aliphatic carbocycles. The van der Waals surface area contributed by atoms with Crippen LogP contribution in [-0.2, 0) is 18.2 Å². The van der Waals surface area contributed by atoms with Crippen molar-refractivity contribution in [2.24, 2.45) is 18.7 Å². The fourth-order valence-corrected chi connectivity index (χ4v) is 2.74. The van der Waals surface area contributed by atoms with Gasteiger partial charge in [0, 0.05) is 26.1 Å². The second-order valence-corrected chi connectivity index (χ2v) is 5.32. The maximum absolute atomic E-state index is 6.22. The molecule has 0 bridgehead atoms. The van der Waals surface area contributed by atoms with Crippen molar-refractivity contribution in [2.75, 3.05) is 6.61 Å². The molecule has 3 unspecified atom stereocenters. The number of aryl methyl sites for hydroxylation is 2. The van der Waals surface area contributed by atoms with E-state index >= 15 is 0 Å². The minimum absolute atomic E-state index is 0.0141. The molecule has 2 rings (SSSR count). The monoisotopic (exact) mass is 257 g/mol. The van der Waals surface area contributed by atoms with Gasteiger partial charge >= 0.3 is 0 Å². The summed E-state index contributed by atoms with van der Waals surface area (Å²) in [7, 11) is 1.90. The van der Waals surface area contributed by atoms with E-state index in [1.807, 2.05) is 18.7 Å². The third-order valence-corrected chi connectivity index (χ3v) is 4.05. The van der Waals surface area contributed by atoms with Gasteiger partial charge in [-0.1, -0.05) is 18.5 Å². The lowest BCUT2D eigenvalue weighted by Gasteiger charge is -2.22. The molecule has 0 aromatic carbocycles. The van der Waals surface area contributed by atoms with Crippen LogP contribution in [0.5, 0.6) is 0 Å². The second-order valence-electron chi connectivity index (χ2n) is 4.94. The lowest BCUT2D eigenvalue weighted by Crippen LogP contribution is -2.39. The molecule has 0 amide bonds. The Bertz CT molecular complexity index is 405. The van der Waals surface area contributed by atoms with E-state index in [2.05, 4.69) is 12.0 Å². The smallest absolute Gasteiger partial charge is 0.0847 e. The third kappa shape index (κ3) is 2.49. The minimum atomic E-state index is -0.0141. The Kier molecular flexibility index (Phi) is 3.76. The van der Waals surface area contributed by atoms with Crippen LogP contribution in [0, 0.1) is 12.8 Å². The molecule has 0 saturated carbocycles. The molecule has 2 heterocycles. The van der Waals surface area contributed by atoms with Crippen molar-refractivity contribution in [1.29, 1.82) is 0 Å². The number of aromatic nitrogens is 2. The molecule has 1 fully saturated rings. The Balaban J connectivity index is 2.10. The van der Waals surface area contributed by atoms with Gasteiger partial charge in [0.15, 0.2) is 0 Å². The molecule has 2 N–H and O–H groups in total. The summed E-state index contributed by atoms with van der Waals surface area (Å²) in [5.74, 6) is 0.526. The van der Waals surface area contributed by atoms with E-state index in [1.165, 1.54) is 0 Å². The number of ether oxygens (including phenoxy) is 1. The third-order valence-electron chi connectivity index (χ3n) is 3.56. The first-order valence-electron chi connectivity index (χ1n) is 6.06. The molecule has 0 radical (unpaired) electrons. The van der Waals surface area contributed by atoms with Gasteiger partial charge in [-0.3, -0.25) is 4.68 Å². The van der Waals surface area contributed by atoms with E-state index in [9.17, 15) is 0 Å². The predicted octanol–water partition coefficient (Wildman–Crippen LogP) is 1.68. The predicted molar refractivity (Wildman–Crippen MR) is 68.2 cm³/mol. The number of hydrogen-bond acceptors (Lipinski definition) is 3. The summed E-state index contributed by atoms with van der Waals surface area (Å²) in [6, 6.07) is -0.0141. The standard InChI is InChI=1S/C12H20ClN3O/c1-7-4-5-17-12(7)9(14)6-10-11(13)8(2)15-16(10)3/h7,9,12H,4-6,14H2,1-3H3. The van der Waals surface area contributed by atoms with Crippen molar-refractivity contribution in [3.05, 3.63) is 16.4 Å². The summed E-state index contributed by atoms with van der Waals surface area (Å²) >= 11 is 6.22. The number of halogens is 1. The number of hydrogen-bond donors (Lipinski definition) is 1. The van der Waals surface area contributed by atoms with Gasteiger partial charge in [-0.05, 0) is 19.3 Å². The number of nitrogens with two attached hydrogens (primary N) is 1. The van der Waals surface area contributed by atoms with E-state index in [1.54, 1.807) is 0 Å². The summed E-state index contributed by atoms with van der Waals surface area (Å²) in [6.45, 7) is 4.91. The van der Waals surface area contributed by atoms with Crippen LogP contribution >= 0.6 is 11.6 Å². The Labute approximate surface area is 107 Å². The van der Waals surface area contributed by atoms with Crippen molar-refractivity contribution in [3.8, 4) is 0 Å². The quantitative estimate of drug-likeness (QED) is 0.896. The maximum Gasteiger partial charge on any atom is 0.0847 e. The van der Waals surface area contributed by atoms with Crippen LogP contribution in [0.4, 0.5) is 0 Å². The first-order chi connectivity index (χ1) is 8.00. The van der Waals surface area contributed by atoms with Crippen LogP contribution in [0.3, 0.4) is 0 Å². The van der Waals surface area contributed by atoms with E-state index in [0.29, 0.717) is 12.3 Å². The van der Waals surface area contributed by atoms with Gasteiger partial charge in [-0.25, -0.2) is 0 Å². The highest BCUT2D eigenvalue weighted by atomic mass is 35.5. The van der Waals surface area contributed by atoms with Crippen molar-refractivity contribution in [2.45, 2.75) is 38.8 Å². The minimum Gasteiger partial charge on any atom is -0.376 e. The van der Waals surface area contributed by atoms with Gasteiger partial charge in [-0.2, -0.15) is 5.10 Å². The van der Waals surface area contributed by atoms with Gasteiger partial charge in [-0.15, -0.1) is 0 Å². The molecular weight excluding hydrogens is 238 g/mol. The first kappa shape index (κ1) is 12.9. The largest absolute Gasteiger partial charge is 0.376 e. The molecule has 1 aliphatic rings. The molecule has 1 aliphatic heterocycles. The first-order valence-corrected chi connectivity index (χ1v) is 6.43. The van der Waals surface area contributed by atoms with Gasteiger partial charge in [0.05, 0.1) is 22.5 Å². The van der Waals surface area contributed by atoms with Crippen molar-refractivity contribution < 1.29 is 4.74 Å². The SMILES string of the molecule is Cc1nn(C)c(CC(N)C2OCCC2C)c1Cl. The highest BCUT2D eigenvalue weighted by Gasteiger charge is 2.31. The Morgan fingerprint density at radius 2 is 2.35 bits per heavy atom. The summed E-state index contributed by atoms with van der Waals surface area (Å²) in [5, 5.41) is 5.03. The highest BCUT2D eigenvalue weighted by Crippen LogP contribution is 2.26. The van der Waals surface area contributed by atoms with E-state index in [0.717, 1.165) is 29.4 Å². The van der Waals surface area contributed by atoms with Crippen LogP contribution in [0.2, 0.25) is 5.02 Å². The van der Waals surface area contributed by atoms with Crippen molar-refractivity contribution in [1.82, 2.24) is 9.78 Å². The van der Waals surface area contributed by atoms with Gasteiger partial charge in [0.1, 0.15) is 0 Å². The molecular formula is C12H20ClN3O. The van der Waals surface area contributed by atoms with Crippen LogP contribution in [0.25, 0.3) is 0 Å². The zero-order valence-electron chi connectivity index (χ0n) is 10.6. The fraction of sp³-hybridized carbons (Fsp3) is 0.750. The normalized spacial score (nSPS) is 26.4. The molecule has 17 heavy (non-hydrogen) atoms. The van der Waals surface area contributed by atoms with Gasteiger partial charge in [0.2, 0.25) is 0 Å². The van der Waals surface area contributed by atoms with Crippen LogP contribution in [-0.4, -0.2) is 28.5 Å². The molecule has 96 valence electrons. The number of rotatable bonds is 3. The molecule has 1 saturated heterocycles. The summed E-state index contributed by atoms with van der Waals surface area (Å²) in [5.41, 5.74) is 8.08. The lowest BCUT2D eigenvalue weighted by molar-refractivity contribution is 0.0721. The maximum atomic E-state index is 6.22. The topological polar surface area (TPSA) is 53.1 Å². The summed E-state index contributed by atoms with van der Waals surface area (Å²) < 4.78 is 7.50. The molecule has 1 aromatic heterocycles. The average Bonchev–Trinajstić information content (AvgIpc) is 2.78. The zero-order chi connectivity index (χ0) is 12.6. The highest BCUT2D eigenvalue weighted by molar-refractivity contribution is 6.31. The van der Waals surface area contributed by atoms with E-state index in [-0.39, 0.29) is 12.1 Å². The van der Waals surface area contributed by atoms with Crippen LogP contribution in [0.15, 0.2) is 0 Å².